The Bertz CT molecular complexity index is 302. The minimum Gasteiger partial charge on any atom is -0.379 e. The van der Waals surface area contributed by atoms with Gasteiger partial charge in [0, 0.05) is 18.5 Å². The summed E-state index contributed by atoms with van der Waals surface area (Å²) < 4.78 is 5.42. The summed E-state index contributed by atoms with van der Waals surface area (Å²) in [6.45, 7) is 3.42. The number of pyridine rings is 1. The predicted octanol–water partition coefficient (Wildman–Crippen LogP) is 1.35. The molecule has 0 saturated carbocycles. The minimum absolute atomic E-state index is 0.320. The zero-order valence-electron chi connectivity index (χ0n) is 8.49. The topological polar surface area (TPSA) is 48.1 Å². The Labute approximate surface area is 84.3 Å². The zero-order valence-corrected chi connectivity index (χ0v) is 8.49. The Morgan fingerprint density at radius 1 is 1.50 bits per heavy atom. The highest BCUT2D eigenvalue weighted by atomic mass is 16.5. The number of nitrogens with two attached hydrogens (primary N) is 1. The van der Waals surface area contributed by atoms with Crippen molar-refractivity contribution in [3.05, 3.63) is 29.6 Å². The quantitative estimate of drug-likeness (QED) is 0.730. The molecule has 2 N–H and O–H groups in total. The van der Waals surface area contributed by atoms with Gasteiger partial charge in [0.15, 0.2) is 0 Å². The van der Waals surface area contributed by atoms with E-state index in [1.807, 2.05) is 19.2 Å². The lowest BCUT2D eigenvalue weighted by Crippen LogP contribution is -2.44. The fourth-order valence-electron chi connectivity index (χ4n) is 1.81. The third-order valence-corrected chi connectivity index (χ3v) is 2.76. The highest BCUT2D eigenvalue weighted by Crippen LogP contribution is 2.26. The SMILES string of the molecule is Cc1ccc(C2(N)CCCOC2)cn1. The van der Waals surface area contributed by atoms with Crippen LogP contribution >= 0.6 is 0 Å². The van der Waals surface area contributed by atoms with Crippen LogP contribution in [0.2, 0.25) is 0 Å². The molecular formula is C11H16N2O. The summed E-state index contributed by atoms with van der Waals surface area (Å²) in [5.41, 5.74) is 8.05. The smallest absolute Gasteiger partial charge is 0.0688 e. The minimum atomic E-state index is -0.320. The fourth-order valence-corrected chi connectivity index (χ4v) is 1.81. The first-order valence-corrected chi connectivity index (χ1v) is 5.00. The van der Waals surface area contributed by atoms with Crippen LogP contribution in [0, 0.1) is 6.92 Å². The van der Waals surface area contributed by atoms with Gasteiger partial charge in [0.25, 0.3) is 0 Å². The van der Waals surface area contributed by atoms with Gasteiger partial charge in [-0.25, -0.2) is 0 Å². The number of hydrogen-bond acceptors (Lipinski definition) is 3. The summed E-state index contributed by atoms with van der Waals surface area (Å²) >= 11 is 0. The molecule has 1 fully saturated rings. The molecule has 76 valence electrons. The standard InChI is InChI=1S/C11H16N2O/c1-9-3-4-10(7-13-9)11(12)5-2-6-14-8-11/h3-4,7H,2,5-6,8,12H2,1H3. The van der Waals surface area contributed by atoms with Crippen LogP contribution in [0.15, 0.2) is 18.3 Å². The summed E-state index contributed by atoms with van der Waals surface area (Å²) in [6.07, 6.45) is 3.88. The zero-order chi connectivity index (χ0) is 10.0. The molecule has 1 saturated heterocycles. The number of hydrogen-bond donors (Lipinski definition) is 1. The molecule has 2 rings (SSSR count). The Balaban J connectivity index is 2.23. The number of nitrogens with zero attached hydrogens (tertiary/aromatic N) is 1. The van der Waals surface area contributed by atoms with E-state index in [0.717, 1.165) is 30.7 Å². The van der Waals surface area contributed by atoms with Gasteiger partial charge >= 0.3 is 0 Å². The van der Waals surface area contributed by atoms with E-state index in [9.17, 15) is 0 Å². The Morgan fingerprint density at radius 2 is 2.36 bits per heavy atom. The van der Waals surface area contributed by atoms with Crippen LogP contribution in [-0.2, 0) is 10.3 Å². The molecule has 3 nitrogen and oxygen atoms in total. The number of rotatable bonds is 1. The molecule has 0 radical (unpaired) electrons. The van der Waals surface area contributed by atoms with Gasteiger partial charge in [0.1, 0.15) is 0 Å². The number of aromatic nitrogens is 1. The highest BCUT2D eigenvalue weighted by Gasteiger charge is 2.30. The molecule has 0 amide bonds. The summed E-state index contributed by atoms with van der Waals surface area (Å²) in [5, 5.41) is 0. The molecule has 0 spiro atoms. The van der Waals surface area contributed by atoms with Crippen LogP contribution < -0.4 is 5.73 Å². The Hall–Kier alpha value is -0.930. The predicted molar refractivity (Wildman–Crippen MR) is 54.9 cm³/mol. The molecule has 3 heteroatoms. The van der Waals surface area contributed by atoms with Gasteiger partial charge in [0.05, 0.1) is 12.1 Å². The maximum Gasteiger partial charge on any atom is 0.0688 e. The second-order valence-corrected chi connectivity index (χ2v) is 4.00. The monoisotopic (exact) mass is 192 g/mol. The molecule has 14 heavy (non-hydrogen) atoms. The van der Waals surface area contributed by atoms with Crippen molar-refractivity contribution in [3.63, 3.8) is 0 Å². The van der Waals surface area contributed by atoms with Gasteiger partial charge < -0.3 is 10.5 Å². The van der Waals surface area contributed by atoms with Crippen molar-refractivity contribution in [2.45, 2.75) is 25.3 Å². The number of aryl methyl sites for hydroxylation is 1. The lowest BCUT2D eigenvalue weighted by Gasteiger charge is -2.33. The van der Waals surface area contributed by atoms with E-state index in [-0.39, 0.29) is 5.54 Å². The van der Waals surface area contributed by atoms with Crippen molar-refractivity contribution in [3.8, 4) is 0 Å². The summed E-state index contributed by atoms with van der Waals surface area (Å²) in [7, 11) is 0. The lowest BCUT2D eigenvalue weighted by atomic mass is 9.87. The largest absolute Gasteiger partial charge is 0.379 e. The van der Waals surface area contributed by atoms with E-state index >= 15 is 0 Å². The molecule has 1 aliphatic heterocycles. The molecule has 0 aromatic carbocycles. The Morgan fingerprint density at radius 3 is 2.93 bits per heavy atom. The first kappa shape index (κ1) is 9.62. The van der Waals surface area contributed by atoms with Crippen LogP contribution in [-0.4, -0.2) is 18.2 Å². The van der Waals surface area contributed by atoms with Gasteiger partial charge in [-0.05, 0) is 31.4 Å². The third kappa shape index (κ3) is 1.79. The van der Waals surface area contributed by atoms with Gasteiger partial charge in [0.2, 0.25) is 0 Å². The van der Waals surface area contributed by atoms with Crippen LogP contribution in [0.25, 0.3) is 0 Å². The lowest BCUT2D eigenvalue weighted by molar-refractivity contribution is 0.0365. The van der Waals surface area contributed by atoms with Crippen LogP contribution in [0.5, 0.6) is 0 Å². The van der Waals surface area contributed by atoms with E-state index in [1.165, 1.54) is 0 Å². The van der Waals surface area contributed by atoms with Crippen LogP contribution in [0.1, 0.15) is 24.1 Å². The Kier molecular flexibility index (Phi) is 2.52. The first-order valence-electron chi connectivity index (χ1n) is 5.00. The van der Waals surface area contributed by atoms with E-state index in [0.29, 0.717) is 6.61 Å². The van der Waals surface area contributed by atoms with Crippen molar-refractivity contribution < 1.29 is 4.74 Å². The van der Waals surface area contributed by atoms with Gasteiger partial charge in [-0.15, -0.1) is 0 Å². The average molecular weight is 192 g/mol. The second-order valence-electron chi connectivity index (χ2n) is 4.00. The molecule has 0 bridgehead atoms. The van der Waals surface area contributed by atoms with Crippen molar-refractivity contribution in [1.29, 1.82) is 0 Å². The maximum atomic E-state index is 6.27. The van der Waals surface area contributed by atoms with Crippen molar-refractivity contribution in [2.24, 2.45) is 5.73 Å². The van der Waals surface area contributed by atoms with Crippen molar-refractivity contribution in [2.75, 3.05) is 13.2 Å². The maximum absolute atomic E-state index is 6.27. The third-order valence-electron chi connectivity index (χ3n) is 2.76. The number of ether oxygens (including phenoxy) is 1. The first-order chi connectivity index (χ1) is 6.71. The molecule has 1 aromatic heterocycles. The summed E-state index contributed by atoms with van der Waals surface area (Å²) in [5.74, 6) is 0. The van der Waals surface area contributed by atoms with Crippen molar-refractivity contribution in [1.82, 2.24) is 4.98 Å². The van der Waals surface area contributed by atoms with E-state index in [4.69, 9.17) is 10.5 Å². The van der Waals surface area contributed by atoms with Crippen LogP contribution in [0.3, 0.4) is 0 Å². The van der Waals surface area contributed by atoms with E-state index in [1.54, 1.807) is 0 Å². The second kappa shape index (κ2) is 3.67. The van der Waals surface area contributed by atoms with Gasteiger partial charge in [-0.2, -0.15) is 0 Å². The molecule has 1 atom stereocenters. The summed E-state index contributed by atoms with van der Waals surface area (Å²) in [4.78, 5) is 4.26. The molecule has 2 heterocycles. The molecular weight excluding hydrogens is 176 g/mol. The average Bonchev–Trinajstić information content (AvgIpc) is 2.19. The summed E-state index contributed by atoms with van der Waals surface area (Å²) in [6, 6.07) is 4.05. The van der Waals surface area contributed by atoms with E-state index in [2.05, 4.69) is 11.1 Å². The van der Waals surface area contributed by atoms with Gasteiger partial charge in [-0.3, -0.25) is 4.98 Å². The highest BCUT2D eigenvalue weighted by molar-refractivity contribution is 5.22. The fraction of sp³-hybridized carbons (Fsp3) is 0.545. The molecule has 1 aliphatic rings. The van der Waals surface area contributed by atoms with Crippen LogP contribution in [0.4, 0.5) is 0 Å². The molecule has 1 aromatic rings. The van der Waals surface area contributed by atoms with Crippen molar-refractivity contribution >= 4 is 0 Å². The molecule has 0 aliphatic carbocycles. The normalized spacial score (nSPS) is 27.6. The van der Waals surface area contributed by atoms with Gasteiger partial charge in [-0.1, -0.05) is 6.07 Å². The van der Waals surface area contributed by atoms with E-state index < -0.39 is 0 Å². The molecule has 1 unspecified atom stereocenters.